The molecule has 0 aliphatic rings. The van der Waals surface area contributed by atoms with Gasteiger partial charge in [0.05, 0.1) is 0 Å². The summed E-state index contributed by atoms with van der Waals surface area (Å²) in [6.07, 6.45) is 0. The summed E-state index contributed by atoms with van der Waals surface area (Å²) in [5, 5.41) is 0. The van der Waals surface area contributed by atoms with Crippen LogP contribution in [0.2, 0.25) is 0 Å². The summed E-state index contributed by atoms with van der Waals surface area (Å²) in [6.45, 7) is 0. The summed E-state index contributed by atoms with van der Waals surface area (Å²) in [7, 11) is 2.00. The molecule has 4 heavy (non-hydrogen) atoms. The molecule has 0 amide bonds. The Balaban J connectivity index is 0. The summed E-state index contributed by atoms with van der Waals surface area (Å²) in [5.74, 6) is 0. The van der Waals surface area contributed by atoms with Crippen LogP contribution in [0, 0.1) is 0 Å². The molecule has 0 aromatic carbocycles. The van der Waals surface area contributed by atoms with Crippen LogP contribution in [0.15, 0.2) is 0 Å². The van der Waals surface area contributed by atoms with Crippen LogP contribution in [0.1, 0.15) is 0 Å². The topological polar surface area (TPSA) is 34.1 Å². The zero-order chi connectivity index (χ0) is 4.00. The molecule has 4 heteroatoms. The van der Waals surface area contributed by atoms with E-state index in [0.29, 0.717) is 0 Å². The minimum absolute atomic E-state index is 0.125. The van der Waals surface area contributed by atoms with Gasteiger partial charge in [0.15, 0.2) is 0 Å². The Labute approximate surface area is 34.9 Å². The van der Waals surface area contributed by atoms with Gasteiger partial charge in [-0.1, -0.05) is 0 Å². The van der Waals surface area contributed by atoms with Gasteiger partial charge < -0.3 is 0 Å². The number of rotatable bonds is 0. The van der Waals surface area contributed by atoms with Gasteiger partial charge in [-0.15, -0.1) is 0 Å². The Morgan fingerprint density at radius 1 is 1.25 bits per heavy atom. The van der Waals surface area contributed by atoms with Gasteiger partial charge >= 0.3 is 34.2 Å². The first-order valence-electron chi connectivity index (χ1n) is 0.577. The zero-order valence-corrected chi connectivity index (χ0v) is 5.20. The first-order chi connectivity index (χ1) is 2.00. The molecule has 0 saturated heterocycles. The summed E-state index contributed by atoms with van der Waals surface area (Å²) in [6, 6.07) is 0. The Hall–Kier alpha value is 0.288. The van der Waals surface area contributed by atoms with E-state index in [1.807, 2.05) is 7.72 Å². The first kappa shape index (κ1) is 8.86. The molecule has 0 N–H and O–H groups in total. The van der Waals surface area contributed by atoms with E-state index < -0.39 is 0 Å². The maximum absolute atomic E-state index is 8.38. The molecule has 0 aromatic heterocycles. The van der Waals surface area contributed by atoms with Crippen molar-refractivity contribution >= 4 is 7.72 Å². The second-order valence-electron chi connectivity index (χ2n) is 0. The van der Waals surface area contributed by atoms with Gasteiger partial charge in [-0.05, 0) is 0 Å². The third-order valence-electron chi connectivity index (χ3n) is 0. The van der Waals surface area contributed by atoms with Crippen molar-refractivity contribution in [3.63, 3.8) is 0 Å². The molecule has 18 valence electrons. The van der Waals surface area contributed by atoms with Crippen molar-refractivity contribution in [2.24, 2.45) is 0 Å². The van der Waals surface area contributed by atoms with E-state index in [4.69, 9.17) is 8.28 Å². The normalized spacial score (nSPS) is 2.25. The second-order valence-corrected chi connectivity index (χ2v) is 0. The van der Waals surface area contributed by atoms with Crippen molar-refractivity contribution in [1.82, 2.24) is 0 Å². The molecule has 0 aromatic rings. The summed E-state index contributed by atoms with van der Waals surface area (Å²) in [5.41, 5.74) is 0. The van der Waals surface area contributed by atoms with Crippen LogP contribution in [0.25, 0.3) is 0 Å². The van der Waals surface area contributed by atoms with Gasteiger partial charge in [0.2, 0.25) is 0 Å². The van der Waals surface area contributed by atoms with Crippen molar-refractivity contribution < 1.29 is 26.5 Å². The Kier molecular flexibility index (Phi) is 459. The fourth-order valence-electron chi connectivity index (χ4n) is 0. The fourth-order valence-corrected chi connectivity index (χ4v) is 0. The zero-order valence-electron chi connectivity index (χ0n) is 2.23. The van der Waals surface area contributed by atoms with Crippen molar-refractivity contribution in [3.05, 3.63) is 0 Å². The summed E-state index contributed by atoms with van der Waals surface area (Å²) < 4.78 is 16.4. The molecular weight excluding hydrogens is 108 g/mol. The molecule has 0 aliphatic carbocycles. The Bertz CT molecular complexity index is 8.00. The predicted molar refractivity (Wildman–Crippen MR) is 8.52 cm³/mol. The molecule has 0 fully saturated rings. The standard InChI is InChI=1S/BHO.O.Zn/c1-2;;/h1H;;. The number of hydrogen-bond donors (Lipinski definition) is 0. The quantitative estimate of drug-likeness (QED) is 0.378. The Morgan fingerprint density at radius 2 is 1.25 bits per heavy atom. The van der Waals surface area contributed by atoms with Gasteiger partial charge in [-0.3, -0.25) is 0 Å². The van der Waals surface area contributed by atoms with E-state index in [0.717, 1.165) is 0 Å². The summed E-state index contributed by atoms with van der Waals surface area (Å²) >= 11 is 0.125. The van der Waals surface area contributed by atoms with Gasteiger partial charge in [0, 0.05) is 0 Å². The second kappa shape index (κ2) is 207. The molecule has 2 nitrogen and oxygen atoms in total. The van der Waals surface area contributed by atoms with E-state index in [9.17, 15) is 0 Å². The Morgan fingerprint density at radius 3 is 1.25 bits per heavy atom. The molecule has 0 saturated carbocycles. The third kappa shape index (κ3) is 45.7. The van der Waals surface area contributed by atoms with E-state index in [-0.39, 0.29) is 18.3 Å². The molecule has 0 bridgehead atoms. The van der Waals surface area contributed by atoms with E-state index in [2.05, 4.69) is 0 Å². The molecule has 0 unspecified atom stereocenters. The van der Waals surface area contributed by atoms with Gasteiger partial charge in [0.25, 0.3) is 0 Å². The molecule has 0 heterocycles. The van der Waals surface area contributed by atoms with E-state index in [1.54, 1.807) is 0 Å². The van der Waals surface area contributed by atoms with Crippen LogP contribution in [0.5, 0.6) is 0 Å². The first-order valence-corrected chi connectivity index (χ1v) is 1.79. The number of hydrogen-bond acceptors (Lipinski definition) is 2. The van der Waals surface area contributed by atoms with Crippen LogP contribution < -0.4 is 0 Å². The van der Waals surface area contributed by atoms with Crippen molar-refractivity contribution in [2.45, 2.75) is 0 Å². The molecule has 0 rings (SSSR count). The third-order valence-corrected chi connectivity index (χ3v) is 0. The van der Waals surface area contributed by atoms with Gasteiger partial charge in [-0.25, -0.2) is 0 Å². The van der Waals surface area contributed by atoms with E-state index >= 15 is 0 Å². The van der Waals surface area contributed by atoms with E-state index in [1.165, 1.54) is 0 Å². The van der Waals surface area contributed by atoms with Crippen LogP contribution in [-0.2, 0) is 26.5 Å². The van der Waals surface area contributed by atoms with Crippen molar-refractivity contribution in [2.75, 3.05) is 0 Å². The molecule has 0 aliphatic heterocycles. The van der Waals surface area contributed by atoms with Crippen LogP contribution in [-0.4, -0.2) is 7.72 Å². The maximum atomic E-state index is 8.38. The average molecular weight is 109 g/mol. The molecule has 0 spiro atoms. The monoisotopic (exact) mass is 108 g/mol. The van der Waals surface area contributed by atoms with Crippen molar-refractivity contribution in [3.8, 4) is 0 Å². The predicted octanol–water partition coefficient (Wildman–Crippen LogP) is -0.889. The minimum atomic E-state index is 0.125. The SMILES string of the molecule is B=O.[O]=[Zn]. The molecule has 0 atom stereocenters. The van der Waals surface area contributed by atoms with Crippen LogP contribution in [0.4, 0.5) is 0 Å². The summed E-state index contributed by atoms with van der Waals surface area (Å²) in [4.78, 5) is 0. The van der Waals surface area contributed by atoms with Crippen LogP contribution in [0.3, 0.4) is 0 Å². The van der Waals surface area contributed by atoms with Crippen LogP contribution >= 0.6 is 0 Å². The molecular formula is HBO2Zn. The molecule has 0 radical (unpaired) electrons. The fraction of sp³-hybridized carbons (Fsp3) is 0. The van der Waals surface area contributed by atoms with Gasteiger partial charge in [0.1, 0.15) is 0 Å². The van der Waals surface area contributed by atoms with Crippen molar-refractivity contribution in [1.29, 1.82) is 0 Å². The average Bonchev–Trinajstić information content (AvgIpc) is 1.50. The van der Waals surface area contributed by atoms with Gasteiger partial charge in [-0.2, -0.15) is 0 Å².